The topological polar surface area (TPSA) is 98.7 Å². The number of nitrogens with zero attached hydrogens (tertiary/aromatic N) is 1. The van der Waals surface area contributed by atoms with Crippen molar-refractivity contribution in [2.24, 2.45) is 29.1 Å². The van der Waals surface area contributed by atoms with E-state index in [9.17, 15) is 14.4 Å². The number of allylic oxidation sites excluding steroid dienone is 1. The predicted molar refractivity (Wildman–Crippen MR) is 172 cm³/mol. The molecule has 1 heterocycles. The Kier molecular flexibility index (Phi) is 10.4. The number of amides is 2. The van der Waals surface area contributed by atoms with Crippen molar-refractivity contribution < 1.29 is 19.5 Å². The van der Waals surface area contributed by atoms with Gasteiger partial charge in [-0.1, -0.05) is 83.0 Å². The van der Waals surface area contributed by atoms with Gasteiger partial charge in [0.2, 0.25) is 5.91 Å². The van der Waals surface area contributed by atoms with E-state index in [-0.39, 0.29) is 35.7 Å². The van der Waals surface area contributed by atoms with Gasteiger partial charge in [0, 0.05) is 34.1 Å². The third kappa shape index (κ3) is 7.66. The van der Waals surface area contributed by atoms with E-state index in [0.29, 0.717) is 33.9 Å². The number of hydrogen-bond donors (Lipinski definition) is 3. The molecular formula is C34H47Cl2N3O4. The van der Waals surface area contributed by atoms with Gasteiger partial charge in [-0.05, 0) is 79.5 Å². The summed E-state index contributed by atoms with van der Waals surface area (Å²) in [6, 6.07) is 4.73. The van der Waals surface area contributed by atoms with Gasteiger partial charge in [-0.15, -0.1) is 0 Å². The van der Waals surface area contributed by atoms with Crippen molar-refractivity contribution >= 4 is 41.0 Å². The highest BCUT2D eigenvalue weighted by Gasteiger charge is 2.55. The lowest BCUT2D eigenvalue weighted by molar-refractivity contribution is -0.141. The molecule has 3 N–H and O–H groups in total. The average Bonchev–Trinajstić information content (AvgIpc) is 3.20. The summed E-state index contributed by atoms with van der Waals surface area (Å²) in [5.41, 5.74) is 1.01. The number of carboxylic acids is 1. The van der Waals surface area contributed by atoms with Gasteiger partial charge >= 0.3 is 5.97 Å². The molecule has 1 saturated carbocycles. The lowest BCUT2D eigenvalue weighted by atomic mass is 9.69. The Morgan fingerprint density at radius 1 is 1.12 bits per heavy atom. The third-order valence-corrected chi connectivity index (χ3v) is 9.97. The van der Waals surface area contributed by atoms with Crippen molar-refractivity contribution in [3.05, 3.63) is 57.6 Å². The van der Waals surface area contributed by atoms with Gasteiger partial charge < -0.3 is 15.3 Å². The van der Waals surface area contributed by atoms with Crippen molar-refractivity contribution in [2.75, 3.05) is 6.54 Å². The Labute approximate surface area is 266 Å². The largest absolute Gasteiger partial charge is 0.481 e. The third-order valence-electron chi connectivity index (χ3n) is 9.54. The van der Waals surface area contributed by atoms with Crippen LogP contribution in [0.1, 0.15) is 91.7 Å². The van der Waals surface area contributed by atoms with E-state index in [2.05, 4.69) is 56.2 Å². The molecular weight excluding hydrogens is 585 g/mol. The van der Waals surface area contributed by atoms with Crippen LogP contribution in [0.3, 0.4) is 0 Å². The quantitative estimate of drug-likeness (QED) is 0.269. The highest BCUT2D eigenvalue weighted by molar-refractivity contribution is 6.34. The van der Waals surface area contributed by atoms with Gasteiger partial charge in [0.05, 0.1) is 11.6 Å². The molecule has 236 valence electrons. The van der Waals surface area contributed by atoms with Gasteiger partial charge in [0.25, 0.3) is 5.91 Å². The molecule has 1 spiro atoms. The highest BCUT2D eigenvalue weighted by atomic mass is 35.5. The number of carbonyl (C=O) groups is 3. The molecule has 2 fully saturated rings. The van der Waals surface area contributed by atoms with Gasteiger partial charge in [-0.2, -0.15) is 0 Å². The minimum Gasteiger partial charge on any atom is -0.481 e. The molecule has 43 heavy (non-hydrogen) atoms. The molecule has 0 aromatic heterocycles. The van der Waals surface area contributed by atoms with Crippen LogP contribution in [-0.4, -0.2) is 46.0 Å². The van der Waals surface area contributed by atoms with E-state index in [1.54, 1.807) is 13.0 Å². The van der Waals surface area contributed by atoms with E-state index < -0.39 is 23.6 Å². The molecule has 0 bridgehead atoms. The second kappa shape index (κ2) is 13.3. The Morgan fingerprint density at radius 3 is 2.26 bits per heavy atom. The standard InChI is InChI=1S/C34H47Cl2N3O4/c1-20(2)15-28(22-7-9-23(10-8-22)30(40)37-19-21(3)32(42)43)39-31(41)29(24-16-26(35)18-27(36)17-24)38-34(39)13-11-25(12-14-34)33(4,5)6/h7,9-10,16-18,20-22,25,28-29,38H,8,11-15,19H2,1-6H3,(H,37,40)(H,42,43)/t21-,22?,25?,28?,29?,34?/m1/s1. The lowest BCUT2D eigenvalue weighted by Crippen LogP contribution is -2.60. The number of benzene rings is 1. The fourth-order valence-electron chi connectivity index (χ4n) is 7.03. The van der Waals surface area contributed by atoms with Gasteiger partial charge in [0.15, 0.2) is 0 Å². The van der Waals surface area contributed by atoms with Crippen molar-refractivity contribution in [1.82, 2.24) is 15.5 Å². The van der Waals surface area contributed by atoms with E-state index >= 15 is 0 Å². The van der Waals surface area contributed by atoms with Crippen LogP contribution in [0.2, 0.25) is 10.0 Å². The van der Waals surface area contributed by atoms with Crippen LogP contribution >= 0.6 is 23.2 Å². The summed E-state index contributed by atoms with van der Waals surface area (Å²) in [5.74, 6) is -0.901. The van der Waals surface area contributed by atoms with E-state index in [0.717, 1.165) is 37.7 Å². The van der Waals surface area contributed by atoms with E-state index in [4.69, 9.17) is 28.3 Å². The van der Waals surface area contributed by atoms with Gasteiger partial charge in [-0.3, -0.25) is 19.7 Å². The maximum atomic E-state index is 14.5. The summed E-state index contributed by atoms with van der Waals surface area (Å²) < 4.78 is 0. The number of carboxylic acid groups (broad SMARTS) is 1. The number of aliphatic carboxylic acids is 1. The minimum absolute atomic E-state index is 0.0292. The minimum atomic E-state index is -0.947. The Hall–Kier alpha value is -2.35. The van der Waals surface area contributed by atoms with Gasteiger partial charge in [-0.25, -0.2) is 0 Å². The van der Waals surface area contributed by atoms with Crippen LogP contribution in [0, 0.1) is 29.1 Å². The van der Waals surface area contributed by atoms with Crippen LogP contribution < -0.4 is 10.6 Å². The summed E-state index contributed by atoms with van der Waals surface area (Å²) in [6.07, 6.45) is 11.0. The first-order valence-electron chi connectivity index (χ1n) is 15.6. The maximum absolute atomic E-state index is 14.5. The van der Waals surface area contributed by atoms with Crippen molar-refractivity contribution in [2.45, 2.75) is 97.8 Å². The summed E-state index contributed by atoms with van der Waals surface area (Å²) in [5, 5.41) is 16.7. The molecule has 2 aliphatic carbocycles. The van der Waals surface area contributed by atoms with Crippen LogP contribution in [0.4, 0.5) is 0 Å². The fourth-order valence-corrected chi connectivity index (χ4v) is 7.57. The van der Waals surface area contributed by atoms with E-state index in [1.807, 2.05) is 24.3 Å². The van der Waals surface area contributed by atoms with Crippen LogP contribution in [0.25, 0.3) is 0 Å². The fraction of sp³-hybridized carbons (Fsp3) is 0.618. The molecule has 4 atom stereocenters. The Morgan fingerprint density at radius 2 is 1.74 bits per heavy atom. The zero-order valence-electron chi connectivity index (χ0n) is 26.3. The lowest BCUT2D eigenvalue weighted by Gasteiger charge is -2.50. The molecule has 3 unspecified atom stereocenters. The molecule has 1 aromatic rings. The number of hydrogen-bond acceptors (Lipinski definition) is 4. The summed E-state index contributed by atoms with van der Waals surface area (Å²) >= 11 is 12.8. The first kappa shape index (κ1) is 33.5. The number of carbonyl (C=O) groups excluding carboxylic acids is 2. The van der Waals surface area contributed by atoms with Gasteiger partial charge in [0.1, 0.15) is 6.04 Å². The molecule has 3 aliphatic rings. The predicted octanol–water partition coefficient (Wildman–Crippen LogP) is 7.15. The smallest absolute Gasteiger partial charge is 0.308 e. The summed E-state index contributed by atoms with van der Waals surface area (Å²) in [6.45, 7) is 12.9. The molecule has 9 heteroatoms. The molecule has 7 nitrogen and oxygen atoms in total. The SMILES string of the molecule is CC(C)CC(C1C=CC(C(=O)NC[C@@H](C)C(=O)O)=CC1)N1C(=O)C(c2cc(Cl)cc(Cl)c2)NC12CCC(C(C)(C)C)CC2. The number of halogens is 2. The zero-order valence-corrected chi connectivity index (χ0v) is 27.8. The second-order valence-electron chi connectivity index (χ2n) is 14.2. The molecule has 2 amide bonds. The number of rotatable bonds is 9. The molecule has 1 aromatic carbocycles. The Bertz CT molecular complexity index is 1260. The van der Waals surface area contributed by atoms with E-state index in [1.165, 1.54) is 0 Å². The number of nitrogens with one attached hydrogen (secondary N) is 2. The first-order valence-corrected chi connectivity index (χ1v) is 16.3. The first-order chi connectivity index (χ1) is 20.1. The van der Waals surface area contributed by atoms with Crippen molar-refractivity contribution in [1.29, 1.82) is 0 Å². The molecule has 1 saturated heterocycles. The van der Waals surface area contributed by atoms with Crippen molar-refractivity contribution in [3.8, 4) is 0 Å². The van der Waals surface area contributed by atoms with Crippen LogP contribution in [0.15, 0.2) is 42.0 Å². The zero-order chi connectivity index (χ0) is 31.7. The molecule has 1 aliphatic heterocycles. The summed E-state index contributed by atoms with van der Waals surface area (Å²) in [7, 11) is 0. The normalized spacial score (nSPS) is 27.4. The van der Waals surface area contributed by atoms with Crippen LogP contribution in [0.5, 0.6) is 0 Å². The monoisotopic (exact) mass is 631 g/mol. The summed E-state index contributed by atoms with van der Waals surface area (Å²) in [4.78, 5) is 40.6. The second-order valence-corrected chi connectivity index (χ2v) is 15.1. The van der Waals surface area contributed by atoms with Crippen LogP contribution in [-0.2, 0) is 14.4 Å². The Balaban J connectivity index is 1.64. The highest BCUT2D eigenvalue weighted by Crippen LogP contribution is 2.49. The molecule has 4 rings (SSSR count). The maximum Gasteiger partial charge on any atom is 0.308 e. The molecule has 0 radical (unpaired) electrons. The average molecular weight is 633 g/mol. The van der Waals surface area contributed by atoms with Crippen molar-refractivity contribution in [3.63, 3.8) is 0 Å².